The molecule has 1 atom stereocenters. The van der Waals surface area contributed by atoms with E-state index in [4.69, 9.17) is 9.47 Å². The molecule has 0 spiro atoms. The fourth-order valence-corrected chi connectivity index (χ4v) is 4.95. The summed E-state index contributed by atoms with van der Waals surface area (Å²) in [7, 11) is 0. The van der Waals surface area contributed by atoms with E-state index < -0.39 is 6.10 Å². The number of carbonyl (C=O) groups excluding carboxylic acids is 1. The number of aliphatic hydroxyl groups excluding tert-OH is 1. The minimum atomic E-state index is -0.536. The third-order valence-electron chi connectivity index (χ3n) is 7.67. The molecule has 246 valence electrons. The SMILES string of the molecule is CCC/C=C\CCCCCCCCOCC(CO)OC(=O)CCCCCCCCCCC/C=C\C/C=C\CCCCC. The zero-order valence-electron chi connectivity index (χ0n) is 28.0. The van der Waals surface area contributed by atoms with Crippen LogP contribution in [0, 0.1) is 0 Å². The Kier molecular flexibility index (Phi) is 34.6. The highest BCUT2D eigenvalue weighted by atomic mass is 16.6. The lowest BCUT2D eigenvalue weighted by Crippen LogP contribution is -2.27. The molecule has 0 fully saturated rings. The van der Waals surface area contributed by atoms with Gasteiger partial charge >= 0.3 is 5.97 Å². The van der Waals surface area contributed by atoms with Crippen molar-refractivity contribution in [3.05, 3.63) is 36.5 Å². The Balaban J connectivity index is 3.45. The molecule has 0 aromatic rings. The molecule has 0 bridgehead atoms. The molecule has 0 heterocycles. The number of rotatable bonds is 33. The third kappa shape index (κ3) is 33.1. The Hall–Kier alpha value is -1.39. The van der Waals surface area contributed by atoms with Crippen LogP contribution in [0.4, 0.5) is 0 Å². The first-order chi connectivity index (χ1) is 20.7. The summed E-state index contributed by atoms with van der Waals surface area (Å²) in [6, 6.07) is 0. The van der Waals surface area contributed by atoms with E-state index in [-0.39, 0.29) is 12.6 Å². The van der Waals surface area contributed by atoms with Gasteiger partial charge in [-0.05, 0) is 64.2 Å². The maximum absolute atomic E-state index is 12.1. The standard InChI is InChI=1S/C38H70O4/c1-3-5-7-9-11-13-15-16-17-18-19-20-21-22-23-25-27-29-31-33-38(40)42-37(35-39)36-41-34-32-30-28-26-24-14-12-10-8-6-4-2/h8,10-11,13,16-17,37,39H,3-7,9,12,14-15,18-36H2,1-2H3/b10-8-,13-11-,17-16-. The highest BCUT2D eigenvalue weighted by Gasteiger charge is 2.13. The molecule has 0 saturated heterocycles. The zero-order valence-corrected chi connectivity index (χ0v) is 28.0. The quantitative estimate of drug-likeness (QED) is 0.0469. The Labute approximate surface area is 261 Å². The van der Waals surface area contributed by atoms with Crippen molar-refractivity contribution in [1.82, 2.24) is 0 Å². The van der Waals surface area contributed by atoms with Crippen molar-refractivity contribution in [2.45, 2.75) is 180 Å². The highest BCUT2D eigenvalue weighted by molar-refractivity contribution is 5.69. The summed E-state index contributed by atoms with van der Waals surface area (Å²) in [6.45, 7) is 5.25. The molecule has 1 N–H and O–H groups in total. The van der Waals surface area contributed by atoms with E-state index >= 15 is 0 Å². The molecule has 0 saturated carbocycles. The number of unbranched alkanes of at least 4 members (excludes halogenated alkanes) is 19. The first-order valence-corrected chi connectivity index (χ1v) is 18.1. The minimum Gasteiger partial charge on any atom is -0.457 e. The van der Waals surface area contributed by atoms with Crippen LogP contribution in [0.25, 0.3) is 0 Å². The second kappa shape index (κ2) is 35.8. The van der Waals surface area contributed by atoms with Gasteiger partial charge in [0.25, 0.3) is 0 Å². The number of hydrogen-bond donors (Lipinski definition) is 1. The average Bonchev–Trinajstić information content (AvgIpc) is 3.00. The molecule has 4 heteroatoms. The van der Waals surface area contributed by atoms with E-state index in [1.165, 1.54) is 128 Å². The minimum absolute atomic E-state index is 0.175. The molecule has 0 rings (SSSR count). The van der Waals surface area contributed by atoms with Crippen molar-refractivity contribution in [2.24, 2.45) is 0 Å². The van der Waals surface area contributed by atoms with Crippen molar-refractivity contribution >= 4 is 5.97 Å². The smallest absolute Gasteiger partial charge is 0.306 e. The maximum Gasteiger partial charge on any atom is 0.306 e. The normalized spacial score (nSPS) is 12.7. The summed E-state index contributed by atoms with van der Waals surface area (Å²) < 4.78 is 11.1. The van der Waals surface area contributed by atoms with Crippen LogP contribution in [0.2, 0.25) is 0 Å². The summed E-state index contributed by atoms with van der Waals surface area (Å²) in [4.78, 5) is 12.1. The van der Waals surface area contributed by atoms with Crippen LogP contribution in [0.3, 0.4) is 0 Å². The van der Waals surface area contributed by atoms with Gasteiger partial charge in [0.15, 0.2) is 0 Å². The summed E-state index contributed by atoms with van der Waals surface area (Å²) in [6.07, 6.45) is 43.2. The van der Waals surface area contributed by atoms with Crippen LogP contribution in [0.1, 0.15) is 174 Å². The molecule has 1 unspecified atom stereocenters. The molecule has 0 aliphatic rings. The summed E-state index contributed by atoms with van der Waals surface area (Å²) in [5.41, 5.74) is 0. The number of hydrogen-bond acceptors (Lipinski definition) is 4. The number of aliphatic hydroxyl groups is 1. The topological polar surface area (TPSA) is 55.8 Å². The first kappa shape index (κ1) is 40.6. The van der Waals surface area contributed by atoms with Crippen LogP contribution in [-0.4, -0.2) is 37.0 Å². The van der Waals surface area contributed by atoms with Gasteiger partial charge in [-0.3, -0.25) is 4.79 Å². The zero-order chi connectivity index (χ0) is 30.6. The lowest BCUT2D eigenvalue weighted by atomic mass is 10.1. The fourth-order valence-electron chi connectivity index (χ4n) is 4.95. The molecule has 4 nitrogen and oxygen atoms in total. The van der Waals surface area contributed by atoms with Gasteiger partial charge in [0.05, 0.1) is 13.2 Å². The van der Waals surface area contributed by atoms with Gasteiger partial charge in [-0.25, -0.2) is 0 Å². The van der Waals surface area contributed by atoms with Gasteiger partial charge in [-0.1, -0.05) is 140 Å². The summed E-state index contributed by atoms with van der Waals surface area (Å²) in [5, 5.41) is 9.53. The van der Waals surface area contributed by atoms with E-state index in [0.29, 0.717) is 19.6 Å². The Morgan fingerprint density at radius 1 is 0.571 bits per heavy atom. The lowest BCUT2D eigenvalue weighted by Gasteiger charge is -2.15. The number of esters is 1. The molecule has 0 aliphatic carbocycles. The maximum atomic E-state index is 12.1. The van der Waals surface area contributed by atoms with Gasteiger partial charge < -0.3 is 14.6 Å². The van der Waals surface area contributed by atoms with Crippen molar-refractivity contribution in [1.29, 1.82) is 0 Å². The Morgan fingerprint density at radius 2 is 1.05 bits per heavy atom. The first-order valence-electron chi connectivity index (χ1n) is 18.1. The van der Waals surface area contributed by atoms with E-state index in [1.54, 1.807) is 0 Å². The van der Waals surface area contributed by atoms with Crippen molar-refractivity contribution in [3.63, 3.8) is 0 Å². The second-order valence-electron chi connectivity index (χ2n) is 11.9. The van der Waals surface area contributed by atoms with Gasteiger partial charge in [0.1, 0.15) is 6.10 Å². The molecule has 0 aromatic carbocycles. The summed E-state index contributed by atoms with van der Waals surface area (Å²) in [5.74, 6) is -0.209. The molecular formula is C38H70O4. The monoisotopic (exact) mass is 591 g/mol. The van der Waals surface area contributed by atoms with Crippen LogP contribution >= 0.6 is 0 Å². The molecule has 42 heavy (non-hydrogen) atoms. The van der Waals surface area contributed by atoms with Crippen LogP contribution < -0.4 is 0 Å². The van der Waals surface area contributed by atoms with Crippen molar-refractivity contribution in [3.8, 4) is 0 Å². The second-order valence-corrected chi connectivity index (χ2v) is 11.9. The van der Waals surface area contributed by atoms with Gasteiger partial charge in [-0.15, -0.1) is 0 Å². The molecule has 0 amide bonds. The van der Waals surface area contributed by atoms with Gasteiger partial charge in [0, 0.05) is 13.0 Å². The number of allylic oxidation sites excluding steroid dienone is 6. The Bertz CT molecular complexity index is 625. The van der Waals surface area contributed by atoms with E-state index in [0.717, 1.165) is 25.7 Å². The third-order valence-corrected chi connectivity index (χ3v) is 7.67. The van der Waals surface area contributed by atoms with Gasteiger partial charge in [-0.2, -0.15) is 0 Å². The van der Waals surface area contributed by atoms with Gasteiger partial charge in [0.2, 0.25) is 0 Å². The predicted octanol–water partition coefficient (Wildman–Crippen LogP) is 11.4. The predicted molar refractivity (Wildman–Crippen MR) is 182 cm³/mol. The van der Waals surface area contributed by atoms with E-state index in [9.17, 15) is 9.90 Å². The molecular weight excluding hydrogens is 520 g/mol. The molecule has 0 aliphatic heterocycles. The Morgan fingerprint density at radius 3 is 1.60 bits per heavy atom. The van der Waals surface area contributed by atoms with Crippen LogP contribution in [-0.2, 0) is 14.3 Å². The number of ether oxygens (including phenoxy) is 2. The average molecular weight is 591 g/mol. The van der Waals surface area contributed by atoms with Crippen LogP contribution in [0.5, 0.6) is 0 Å². The van der Waals surface area contributed by atoms with Crippen LogP contribution in [0.15, 0.2) is 36.5 Å². The fraction of sp³-hybridized carbons (Fsp3) is 0.816. The highest BCUT2D eigenvalue weighted by Crippen LogP contribution is 2.13. The van der Waals surface area contributed by atoms with E-state index in [2.05, 4.69) is 50.3 Å². The van der Waals surface area contributed by atoms with E-state index in [1.807, 2.05) is 0 Å². The van der Waals surface area contributed by atoms with Crippen molar-refractivity contribution in [2.75, 3.05) is 19.8 Å². The lowest BCUT2D eigenvalue weighted by molar-refractivity contribution is -0.154. The number of carbonyl (C=O) groups is 1. The summed E-state index contributed by atoms with van der Waals surface area (Å²) >= 11 is 0. The molecule has 0 aromatic heterocycles. The molecule has 0 radical (unpaired) electrons. The van der Waals surface area contributed by atoms with Crippen molar-refractivity contribution < 1.29 is 19.4 Å². The largest absolute Gasteiger partial charge is 0.457 e.